The minimum atomic E-state index is -0.816. The van der Waals surface area contributed by atoms with Crippen LogP contribution < -0.4 is 4.74 Å². The van der Waals surface area contributed by atoms with Crippen LogP contribution in [0.1, 0.15) is 48.8 Å². The third-order valence-electron chi connectivity index (χ3n) is 9.20. The van der Waals surface area contributed by atoms with Crippen LogP contribution in [0.5, 0.6) is 5.75 Å². The summed E-state index contributed by atoms with van der Waals surface area (Å²) in [7, 11) is 0. The molecule has 0 saturated heterocycles. The van der Waals surface area contributed by atoms with Gasteiger partial charge in [0.05, 0.1) is 16.9 Å². The molecule has 47 heavy (non-hydrogen) atoms. The molecule has 1 aliphatic rings. The molecule has 1 aliphatic heterocycles. The van der Waals surface area contributed by atoms with Gasteiger partial charge in [-0.05, 0) is 72.4 Å². The largest absolute Gasteiger partial charge is 0.489 e. The minimum Gasteiger partial charge on any atom is -0.489 e. The molecule has 0 amide bonds. The molecule has 0 fully saturated rings. The molecule has 0 bridgehead atoms. The fourth-order valence-corrected chi connectivity index (χ4v) is 6.68. The first kappa shape index (κ1) is 30.4. The number of ether oxygens (including phenoxy) is 1. The molecule has 2 N–H and O–H groups in total. The summed E-state index contributed by atoms with van der Waals surface area (Å²) in [6.07, 6.45) is 1.23. The molecule has 6 aromatic rings. The van der Waals surface area contributed by atoms with Crippen molar-refractivity contribution >= 4 is 16.9 Å². The lowest BCUT2D eigenvalue weighted by molar-refractivity contribution is -0.144. The summed E-state index contributed by atoms with van der Waals surface area (Å²) in [4.78, 5) is 19.4. The van der Waals surface area contributed by atoms with E-state index in [0.29, 0.717) is 26.1 Å². The second-order valence-corrected chi connectivity index (χ2v) is 12.5. The highest BCUT2D eigenvalue weighted by atomic mass is 16.5. The number of fused-ring (bicyclic) bond motifs is 2. The van der Waals surface area contributed by atoms with Crippen LogP contribution in [-0.2, 0) is 37.3 Å². The van der Waals surface area contributed by atoms with Gasteiger partial charge in [-0.25, -0.2) is 4.98 Å². The van der Waals surface area contributed by atoms with Gasteiger partial charge in [-0.1, -0.05) is 79.7 Å². The SMILES string of the molecule is CCc1cc(OCc2ccccc2)ccc1-c1ccc2c(-c3nc4c(n3Cc3ccccc3)CN(C(C)C)[C@H](C(=O)O)C4)n[nH]c2c1. The van der Waals surface area contributed by atoms with E-state index < -0.39 is 12.0 Å². The summed E-state index contributed by atoms with van der Waals surface area (Å²) in [6.45, 7) is 7.93. The van der Waals surface area contributed by atoms with Gasteiger partial charge in [-0.2, -0.15) is 5.10 Å². The predicted molar refractivity (Wildman–Crippen MR) is 184 cm³/mol. The smallest absolute Gasteiger partial charge is 0.321 e. The van der Waals surface area contributed by atoms with Crippen molar-refractivity contribution in [2.24, 2.45) is 0 Å². The fourth-order valence-electron chi connectivity index (χ4n) is 6.68. The molecule has 4 aromatic carbocycles. The van der Waals surface area contributed by atoms with Gasteiger partial charge in [0, 0.05) is 30.9 Å². The maximum absolute atomic E-state index is 12.3. The van der Waals surface area contributed by atoms with E-state index in [2.05, 4.69) is 76.1 Å². The van der Waals surface area contributed by atoms with Crippen molar-refractivity contribution < 1.29 is 14.6 Å². The van der Waals surface area contributed by atoms with Crippen LogP contribution in [0.2, 0.25) is 0 Å². The molecule has 0 spiro atoms. The maximum Gasteiger partial charge on any atom is 0.321 e. The quantitative estimate of drug-likeness (QED) is 0.164. The fraction of sp³-hybridized carbons (Fsp3) is 0.256. The normalized spacial score (nSPS) is 14.9. The maximum atomic E-state index is 12.3. The van der Waals surface area contributed by atoms with E-state index in [1.165, 1.54) is 5.56 Å². The molecule has 238 valence electrons. The van der Waals surface area contributed by atoms with E-state index in [0.717, 1.165) is 68.2 Å². The van der Waals surface area contributed by atoms with Crippen LogP contribution in [0.3, 0.4) is 0 Å². The molecule has 3 heterocycles. The number of carbonyl (C=O) groups is 1. The zero-order valence-corrected chi connectivity index (χ0v) is 27.0. The van der Waals surface area contributed by atoms with Crippen molar-refractivity contribution in [1.82, 2.24) is 24.6 Å². The summed E-state index contributed by atoms with van der Waals surface area (Å²) in [5.41, 5.74) is 9.32. The highest BCUT2D eigenvalue weighted by molar-refractivity contribution is 5.94. The van der Waals surface area contributed by atoms with Crippen LogP contribution in [0.4, 0.5) is 0 Å². The molecular formula is C39H39N5O3. The van der Waals surface area contributed by atoms with Gasteiger partial charge >= 0.3 is 5.97 Å². The Labute approximate surface area is 274 Å². The summed E-state index contributed by atoms with van der Waals surface area (Å²) in [5, 5.41) is 19.1. The monoisotopic (exact) mass is 625 g/mol. The first-order chi connectivity index (χ1) is 22.9. The third-order valence-corrected chi connectivity index (χ3v) is 9.20. The lowest BCUT2D eigenvalue weighted by Crippen LogP contribution is -2.49. The van der Waals surface area contributed by atoms with Crippen LogP contribution >= 0.6 is 0 Å². The third kappa shape index (κ3) is 6.04. The van der Waals surface area contributed by atoms with E-state index in [1.54, 1.807) is 0 Å². The Morgan fingerprint density at radius 3 is 2.43 bits per heavy atom. The van der Waals surface area contributed by atoms with Crippen molar-refractivity contribution in [2.45, 2.75) is 65.4 Å². The Balaban J connectivity index is 1.24. The van der Waals surface area contributed by atoms with E-state index in [4.69, 9.17) is 14.8 Å². The van der Waals surface area contributed by atoms with Gasteiger partial charge in [0.2, 0.25) is 0 Å². The molecule has 8 nitrogen and oxygen atoms in total. The highest BCUT2D eigenvalue weighted by Gasteiger charge is 2.37. The van der Waals surface area contributed by atoms with Crippen molar-refractivity contribution in [3.05, 3.63) is 125 Å². The van der Waals surface area contributed by atoms with E-state index in [1.807, 2.05) is 56.3 Å². The Morgan fingerprint density at radius 1 is 0.979 bits per heavy atom. The number of nitrogens with zero attached hydrogens (tertiary/aromatic N) is 4. The Bertz CT molecular complexity index is 2030. The Morgan fingerprint density at radius 2 is 1.72 bits per heavy atom. The van der Waals surface area contributed by atoms with Crippen LogP contribution in [0.25, 0.3) is 33.5 Å². The number of aryl methyl sites for hydroxylation is 1. The van der Waals surface area contributed by atoms with Crippen LogP contribution in [-0.4, -0.2) is 47.8 Å². The standard InChI is InChI=1S/C39H39N5O3/c1-4-28-19-30(47-24-27-13-9-6-10-14-27)16-18-31(28)29-15-17-32-33(20-29)41-42-37(32)38-40-34-21-35(39(45)46)43(25(2)3)23-36(34)44(38)22-26-11-7-5-8-12-26/h5-20,25,35H,4,21-24H2,1-3H3,(H,41,42)(H,45,46)/t35-/m0/s1. The van der Waals surface area contributed by atoms with E-state index >= 15 is 0 Å². The average molecular weight is 626 g/mol. The lowest BCUT2D eigenvalue weighted by Gasteiger charge is -2.36. The number of hydrogen-bond acceptors (Lipinski definition) is 5. The molecule has 1 atom stereocenters. The zero-order valence-electron chi connectivity index (χ0n) is 27.0. The number of benzene rings is 4. The molecule has 2 aromatic heterocycles. The van der Waals surface area contributed by atoms with Crippen molar-refractivity contribution in [2.75, 3.05) is 0 Å². The Hall–Kier alpha value is -5.21. The number of nitrogens with one attached hydrogen (secondary N) is 1. The minimum absolute atomic E-state index is 0.0786. The number of carboxylic acids is 1. The number of imidazole rings is 1. The van der Waals surface area contributed by atoms with Crippen molar-refractivity contribution in [3.63, 3.8) is 0 Å². The van der Waals surface area contributed by atoms with Gasteiger partial charge in [-0.3, -0.25) is 14.8 Å². The topological polar surface area (TPSA) is 96.3 Å². The number of hydrogen-bond donors (Lipinski definition) is 2. The Kier molecular flexibility index (Phi) is 8.35. The second-order valence-electron chi connectivity index (χ2n) is 12.5. The number of aromatic nitrogens is 4. The molecule has 0 unspecified atom stereocenters. The number of aromatic amines is 1. The zero-order chi connectivity index (χ0) is 32.5. The summed E-state index contributed by atoms with van der Waals surface area (Å²) in [6, 6.07) is 32.7. The second kappa shape index (κ2) is 12.9. The highest BCUT2D eigenvalue weighted by Crippen LogP contribution is 2.36. The molecule has 0 saturated carbocycles. The van der Waals surface area contributed by atoms with Gasteiger partial charge in [0.25, 0.3) is 0 Å². The van der Waals surface area contributed by atoms with E-state index in [9.17, 15) is 9.90 Å². The molecule has 0 aliphatic carbocycles. The lowest BCUT2D eigenvalue weighted by atomic mass is 9.96. The number of H-pyrrole nitrogens is 1. The van der Waals surface area contributed by atoms with Crippen molar-refractivity contribution in [3.8, 4) is 28.4 Å². The molecule has 8 heteroatoms. The number of carboxylic acid groups (broad SMARTS) is 1. The van der Waals surface area contributed by atoms with Gasteiger partial charge in [-0.15, -0.1) is 0 Å². The van der Waals surface area contributed by atoms with Crippen LogP contribution in [0.15, 0.2) is 97.1 Å². The first-order valence-electron chi connectivity index (χ1n) is 16.3. The molecular weight excluding hydrogens is 586 g/mol. The molecule has 0 radical (unpaired) electrons. The van der Waals surface area contributed by atoms with Gasteiger partial charge < -0.3 is 14.4 Å². The van der Waals surface area contributed by atoms with Gasteiger partial charge in [0.1, 0.15) is 24.1 Å². The predicted octanol–water partition coefficient (Wildman–Crippen LogP) is 7.50. The summed E-state index contributed by atoms with van der Waals surface area (Å²) in [5.74, 6) is 0.792. The summed E-state index contributed by atoms with van der Waals surface area (Å²) >= 11 is 0. The first-order valence-corrected chi connectivity index (χ1v) is 16.3. The summed E-state index contributed by atoms with van der Waals surface area (Å²) < 4.78 is 8.34. The van der Waals surface area contributed by atoms with E-state index in [-0.39, 0.29) is 6.04 Å². The van der Waals surface area contributed by atoms with Crippen LogP contribution in [0, 0.1) is 0 Å². The average Bonchev–Trinajstić information content (AvgIpc) is 3.67. The van der Waals surface area contributed by atoms with Gasteiger partial charge in [0.15, 0.2) is 5.82 Å². The molecule has 7 rings (SSSR count). The number of aliphatic carboxylic acids is 1. The van der Waals surface area contributed by atoms with Crippen molar-refractivity contribution in [1.29, 1.82) is 0 Å². The number of rotatable bonds is 10.